The third-order valence-electron chi connectivity index (χ3n) is 4.51. The molecule has 26 heavy (non-hydrogen) atoms. The second-order valence-corrected chi connectivity index (χ2v) is 7.99. The number of guanidine groups is 1. The van der Waals surface area contributed by atoms with Gasteiger partial charge in [-0.05, 0) is 50.3 Å². The maximum absolute atomic E-state index is 6.16. The number of hydrogen-bond acceptors (Lipinski definition) is 4. The van der Waals surface area contributed by atoms with Gasteiger partial charge in [0.2, 0.25) is 0 Å². The van der Waals surface area contributed by atoms with Crippen molar-refractivity contribution >= 4 is 17.3 Å². The minimum atomic E-state index is 0.378. The third kappa shape index (κ3) is 5.73. The molecular formula is C20H28N4OS. The predicted octanol–water partition coefficient (Wildman–Crippen LogP) is 4.03. The quantitative estimate of drug-likeness (QED) is 0.594. The first-order chi connectivity index (χ1) is 12.7. The summed E-state index contributed by atoms with van der Waals surface area (Å²) in [6.45, 7) is 3.46. The fraction of sp³-hybridized carbons (Fsp3) is 0.500. The van der Waals surface area contributed by atoms with Crippen molar-refractivity contribution in [3.63, 3.8) is 0 Å². The SMILES string of the molecule is CN=C(NCc1cccc(OC2CCCCC2)c1)NCc1ncc(C)s1. The van der Waals surface area contributed by atoms with Crippen LogP contribution in [0.1, 0.15) is 47.6 Å². The highest BCUT2D eigenvalue weighted by Gasteiger charge is 2.14. The summed E-state index contributed by atoms with van der Waals surface area (Å²) >= 11 is 1.70. The van der Waals surface area contributed by atoms with Gasteiger partial charge in [0.15, 0.2) is 5.96 Å². The van der Waals surface area contributed by atoms with Crippen molar-refractivity contribution in [3.05, 3.63) is 45.9 Å². The first kappa shape index (κ1) is 18.7. The molecule has 140 valence electrons. The van der Waals surface area contributed by atoms with Gasteiger partial charge < -0.3 is 15.4 Å². The van der Waals surface area contributed by atoms with E-state index in [0.717, 1.165) is 16.7 Å². The van der Waals surface area contributed by atoms with Gasteiger partial charge >= 0.3 is 0 Å². The molecule has 0 saturated heterocycles. The van der Waals surface area contributed by atoms with E-state index in [9.17, 15) is 0 Å². The van der Waals surface area contributed by atoms with Gasteiger partial charge in [-0.3, -0.25) is 4.99 Å². The van der Waals surface area contributed by atoms with Gasteiger partial charge in [0.05, 0.1) is 12.6 Å². The molecule has 1 aromatic heterocycles. The Morgan fingerprint density at radius 2 is 2.04 bits per heavy atom. The minimum Gasteiger partial charge on any atom is -0.490 e. The summed E-state index contributed by atoms with van der Waals surface area (Å²) in [5.74, 6) is 1.74. The lowest BCUT2D eigenvalue weighted by Crippen LogP contribution is -2.36. The largest absolute Gasteiger partial charge is 0.490 e. The number of ether oxygens (including phenoxy) is 1. The van der Waals surface area contributed by atoms with Crippen molar-refractivity contribution in [2.45, 2.75) is 58.2 Å². The molecule has 1 aromatic carbocycles. The number of aryl methyl sites for hydroxylation is 1. The Bertz CT molecular complexity index is 722. The number of aromatic nitrogens is 1. The molecule has 0 bridgehead atoms. The molecule has 1 heterocycles. The topological polar surface area (TPSA) is 58.5 Å². The lowest BCUT2D eigenvalue weighted by Gasteiger charge is -2.23. The number of nitrogens with one attached hydrogen (secondary N) is 2. The van der Waals surface area contributed by atoms with Crippen molar-refractivity contribution < 1.29 is 4.74 Å². The van der Waals surface area contributed by atoms with Gasteiger partial charge in [-0.15, -0.1) is 11.3 Å². The molecule has 5 nitrogen and oxygen atoms in total. The number of benzene rings is 1. The summed E-state index contributed by atoms with van der Waals surface area (Å²) in [4.78, 5) is 9.87. The van der Waals surface area contributed by atoms with Crippen LogP contribution in [0.4, 0.5) is 0 Å². The normalized spacial score (nSPS) is 15.7. The van der Waals surface area contributed by atoms with Crippen molar-refractivity contribution in [1.82, 2.24) is 15.6 Å². The van der Waals surface area contributed by atoms with Crippen LogP contribution >= 0.6 is 11.3 Å². The van der Waals surface area contributed by atoms with E-state index in [4.69, 9.17) is 4.74 Å². The molecule has 0 aliphatic heterocycles. The zero-order chi connectivity index (χ0) is 18.2. The Morgan fingerprint density at radius 1 is 1.23 bits per heavy atom. The molecule has 0 radical (unpaired) electrons. The van der Waals surface area contributed by atoms with Gasteiger partial charge in [-0.2, -0.15) is 0 Å². The van der Waals surface area contributed by atoms with Gasteiger partial charge in [-0.1, -0.05) is 18.6 Å². The highest BCUT2D eigenvalue weighted by Crippen LogP contribution is 2.23. The van der Waals surface area contributed by atoms with Crippen LogP contribution in [0.25, 0.3) is 0 Å². The van der Waals surface area contributed by atoms with Crippen LogP contribution < -0.4 is 15.4 Å². The predicted molar refractivity (Wildman–Crippen MR) is 108 cm³/mol. The summed E-state index contributed by atoms with van der Waals surface area (Å²) in [6, 6.07) is 8.34. The van der Waals surface area contributed by atoms with E-state index in [1.165, 1.54) is 42.5 Å². The van der Waals surface area contributed by atoms with Crippen molar-refractivity contribution in [3.8, 4) is 5.75 Å². The molecular weight excluding hydrogens is 344 g/mol. The summed E-state index contributed by atoms with van der Waals surface area (Å²) in [5, 5.41) is 7.72. The molecule has 1 aliphatic carbocycles. The Balaban J connectivity index is 1.48. The van der Waals surface area contributed by atoms with E-state index in [-0.39, 0.29) is 0 Å². The van der Waals surface area contributed by atoms with Gasteiger partial charge in [0.25, 0.3) is 0 Å². The fourth-order valence-corrected chi connectivity index (χ4v) is 3.88. The smallest absolute Gasteiger partial charge is 0.191 e. The minimum absolute atomic E-state index is 0.378. The second kappa shape index (κ2) is 9.57. The molecule has 3 rings (SSSR count). The summed E-state index contributed by atoms with van der Waals surface area (Å²) in [6.07, 6.45) is 8.54. The Kier molecular flexibility index (Phi) is 6.89. The standard InChI is InChI=1S/C20H28N4OS/c1-15-12-22-19(26-15)14-24-20(21-2)23-13-16-7-6-10-18(11-16)25-17-8-4-3-5-9-17/h6-7,10-12,17H,3-5,8-9,13-14H2,1-2H3,(H2,21,23,24). The van der Waals surface area contributed by atoms with Crippen LogP contribution in [0.3, 0.4) is 0 Å². The Morgan fingerprint density at radius 3 is 2.77 bits per heavy atom. The number of rotatable bonds is 6. The Hall–Kier alpha value is -2.08. The van der Waals surface area contributed by atoms with E-state index < -0.39 is 0 Å². The van der Waals surface area contributed by atoms with Crippen LogP contribution in [0.5, 0.6) is 5.75 Å². The highest BCUT2D eigenvalue weighted by atomic mass is 32.1. The van der Waals surface area contributed by atoms with E-state index in [0.29, 0.717) is 19.2 Å². The third-order valence-corrected chi connectivity index (χ3v) is 5.43. The second-order valence-electron chi connectivity index (χ2n) is 6.67. The average molecular weight is 373 g/mol. The first-order valence-electron chi connectivity index (χ1n) is 9.34. The first-order valence-corrected chi connectivity index (χ1v) is 10.2. The van der Waals surface area contributed by atoms with Crippen molar-refractivity contribution in [2.24, 2.45) is 4.99 Å². The molecule has 2 aromatic rings. The van der Waals surface area contributed by atoms with Crippen molar-refractivity contribution in [1.29, 1.82) is 0 Å². The monoisotopic (exact) mass is 372 g/mol. The van der Waals surface area contributed by atoms with E-state index in [2.05, 4.69) is 51.8 Å². The number of aliphatic imine (C=N–C) groups is 1. The van der Waals surface area contributed by atoms with Crippen LogP contribution in [0.15, 0.2) is 35.5 Å². The lowest BCUT2D eigenvalue weighted by molar-refractivity contribution is 0.155. The Labute approximate surface area is 159 Å². The molecule has 0 amide bonds. The van der Waals surface area contributed by atoms with Crippen LogP contribution in [-0.2, 0) is 13.1 Å². The maximum atomic E-state index is 6.16. The molecule has 1 fully saturated rings. The molecule has 6 heteroatoms. The lowest BCUT2D eigenvalue weighted by atomic mass is 9.98. The zero-order valence-electron chi connectivity index (χ0n) is 15.6. The van der Waals surface area contributed by atoms with Gasteiger partial charge in [0.1, 0.15) is 10.8 Å². The van der Waals surface area contributed by atoms with E-state index >= 15 is 0 Å². The number of hydrogen-bond donors (Lipinski definition) is 2. The summed E-state index contributed by atoms with van der Waals surface area (Å²) < 4.78 is 6.16. The molecule has 0 unspecified atom stereocenters. The van der Waals surface area contributed by atoms with Crippen LogP contribution in [0.2, 0.25) is 0 Å². The fourth-order valence-electron chi connectivity index (χ4n) is 3.15. The van der Waals surface area contributed by atoms with Crippen LogP contribution in [-0.4, -0.2) is 24.1 Å². The number of nitrogens with zero attached hydrogens (tertiary/aromatic N) is 2. The molecule has 1 aliphatic rings. The zero-order valence-corrected chi connectivity index (χ0v) is 16.4. The molecule has 1 saturated carbocycles. The number of thiazole rings is 1. The van der Waals surface area contributed by atoms with E-state index in [1.54, 1.807) is 18.4 Å². The molecule has 0 spiro atoms. The van der Waals surface area contributed by atoms with Crippen molar-refractivity contribution in [2.75, 3.05) is 7.05 Å². The summed E-state index contributed by atoms with van der Waals surface area (Å²) in [7, 11) is 1.78. The van der Waals surface area contributed by atoms with Crippen LogP contribution in [0, 0.1) is 6.92 Å². The maximum Gasteiger partial charge on any atom is 0.191 e. The average Bonchev–Trinajstić information content (AvgIpc) is 3.08. The molecule has 2 N–H and O–H groups in total. The van der Waals surface area contributed by atoms with Gasteiger partial charge in [-0.25, -0.2) is 4.98 Å². The summed E-state index contributed by atoms with van der Waals surface area (Å²) in [5.41, 5.74) is 1.19. The van der Waals surface area contributed by atoms with E-state index in [1.807, 2.05) is 6.20 Å². The molecule has 0 atom stereocenters. The van der Waals surface area contributed by atoms with Gasteiger partial charge in [0, 0.05) is 24.7 Å². The highest BCUT2D eigenvalue weighted by molar-refractivity contribution is 7.11.